The van der Waals surface area contributed by atoms with Crippen LogP contribution in [0.1, 0.15) is 33.5 Å². The summed E-state index contributed by atoms with van der Waals surface area (Å²) in [5.74, 6) is -0.167. The minimum absolute atomic E-state index is 0. The molecular formula is C28H27ClF3NO3. The highest BCUT2D eigenvalue weighted by Gasteiger charge is 2.30. The third-order valence-electron chi connectivity index (χ3n) is 5.94. The van der Waals surface area contributed by atoms with Gasteiger partial charge in [-0.25, -0.2) is 0 Å². The molecule has 3 aromatic carbocycles. The number of ether oxygens (including phenoxy) is 1. The third kappa shape index (κ3) is 6.97. The van der Waals surface area contributed by atoms with Gasteiger partial charge in [-0.15, -0.1) is 12.4 Å². The van der Waals surface area contributed by atoms with Gasteiger partial charge in [0.15, 0.2) is 5.78 Å². The van der Waals surface area contributed by atoms with Gasteiger partial charge in [0.2, 0.25) is 0 Å². The molecule has 0 aliphatic carbocycles. The number of nitrogens with zero attached hydrogens (tertiary/aromatic N) is 1. The van der Waals surface area contributed by atoms with Crippen molar-refractivity contribution in [1.29, 1.82) is 0 Å². The molecule has 4 nitrogen and oxygen atoms in total. The Morgan fingerprint density at radius 3 is 2.28 bits per heavy atom. The molecule has 1 heterocycles. The zero-order chi connectivity index (χ0) is 24.8. The number of hydrogen-bond acceptors (Lipinski definition) is 4. The maximum Gasteiger partial charge on any atom is 0.416 e. The van der Waals surface area contributed by atoms with E-state index in [4.69, 9.17) is 4.74 Å². The van der Waals surface area contributed by atoms with Gasteiger partial charge in [-0.2, -0.15) is 13.2 Å². The third-order valence-corrected chi connectivity index (χ3v) is 5.94. The highest BCUT2D eigenvalue weighted by molar-refractivity contribution is 6.10. The lowest BCUT2D eigenvalue weighted by Crippen LogP contribution is -2.38. The normalized spacial score (nSPS) is 14.9. The first-order valence-electron chi connectivity index (χ1n) is 11.4. The number of alkyl halides is 3. The molecule has 1 aliphatic heterocycles. The molecule has 0 fully saturated rings. The molecule has 36 heavy (non-hydrogen) atoms. The standard InChI is InChI=1S/C28H26F3NO3.ClH/c29-28(30,31)23-12-10-22(11-13-23)27(34)25-8-4-5-9-26(25)35-19-24(33)18-32-16-14-21(15-17-32)20-6-2-1-3-7-20;/h1-14,24,33H,15-19H2;1H. The van der Waals surface area contributed by atoms with Crippen LogP contribution in [0.2, 0.25) is 0 Å². The zero-order valence-corrected chi connectivity index (χ0v) is 20.3. The van der Waals surface area contributed by atoms with Gasteiger partial charge in [0, 0.05) is 25.2 Å². The minimum Gasteiger partial charge on any atom is -0.490 e. The largest absolute Gasteiger partial charge is 0.490 e. The molecule has 0 aromatic heterocycles. The van der Waals surface area contributed by atoms with Crippen molar-refractivity contribution in [1.82, 2.24) is 4.90 Å². The number of hydrogen-bond donors (Lipinski definition) is 1. The Hall–Kier alpha value is -3.13. The predicted molar refractivity (Wildman–Crippen MR) is 136 cm³/mol. The smallest absolute Gasteiger partial charge is 0.416 e. The highest BCUT2D eigenvalue weighted by atomic mass is 35.5. The fraction of sp³-hybridized carbons (Fsp3) is 0.250. The second kappa shape index (κ2) is 12.2. The molecule has 0 saturated carbocycles. The second-order valence-electron chi connectivity index (χ2n) is 8.47. The molecule has 1 N–H and O–H groups in total. The van der Waals surface area contributed by atoms with Gasteiger partial charge in [-0.3, -0.25) is 9.69 Å². The molecule has 1 atom stereocenters. The van der Waals surface area contributed by atoms with E-state index in [0.29, 0.717) is 6.54 Å². The number of rotatable bonds is 8. The monoisotopic (exact) mass is 517 g/mol. The van der Waals surface area contributed by atoms with Crippen LogP contribution in [0.4, 0.5) is 13.2 Å². The van der Waals surface area contributed by atoms with Crippen LogP contribution in [-0.2, 0) is 6.18 Å². The van der Waals surface area contributed by atoms with Gasteiger partial charge >= 0.3 is 6.18 Å². The Bertz CT molecular complexity index is 1180. The average molecular weight is 518 g/mol. The Balaban J connectivity index is 0.00000361. The number of aliphatic hydroxyl groups is 1. The van der Waals surface area contributed by atoms with Crippen LogP contribution < -0.4 is 4.74 Å². The first kappa shape index (κ1) is 27.5. The van der Waals surface area contributed by atoms with Crippen molar-refractivity contribution < 1.29 is 27.8 Å². The lowest BCUT2D eigenvalue weighted by atomic mass is 9.99. The van der Waals surface area contributed by atoms with Crippen molar-refractivity contribution >= 4 is 23.8 Å². The molecule has 8 heteroatoms. The summed E-state index contributed by atoms with van der Waals surface area (Å²) < 4.78 is 44.2. The van der Waals surface area contributed by atoms with Crippen molar-refractivity contribution in [3.63, 3.8) is 0 Å². The predicted octanol–water partition coefficient (Wildman–Crippen LogP) is 5.89. The summed E-state index contributed by atoms with van der Waals surface area (Å²) in [5.41, 5.74) is 2.05. The van der Waals surface area contributed by atoms with E-state index in [-0.39, 0.29) is 35.9 Å². The van der Waals surface area contributed by atoms with Gasteiger partial charge in [-0.05, 0) is 41.8 Å². The number of aliphatic hydroxyl groups excluding tert-OH is 1. The summed E-state index contributed by atoms with van der Waals surface area (Å²) in [7, 11) is 0. The van der Waals surface area contributed by atoms with Crippen LogP contribution in [0.25, 0.3) is 5.57 Å². The Labute approximate surface area is 214 Å². The van der Waals surface area contributed by atoms with Crippen LogP contribution in [0.3, 0.4) is 0 Å². The Morgan fingerprint density at radius 1 is 0.972 bits per heavy atom. The van der Waals surface area contributed by atoms with Crippen molar-refractivity contribution in [3.05, 3.63) is 107 Å². The lowest BCUT2D eigenvalue weighted by Gasteiger charge is -2.28. The molecule has 0 saturated heterocycles. The zero-order valence-electron chi connectivity index (χ0n) is 19.4. The lowest BCUT2D eigenvalue weighted by molar-refractivity contribution is -0.137. The topological polar surface area (TPSA) is 49.8 Å². The summed E-state index contributed by atoms with van der Waals surface area (Å²) in [5, 5.41) is 10.5. The highest BCUT2D eigenvalue weighted by Crippen LogP contribution is 2.30. The molecular weight excluding hydrogens is 491 g/mol. The number of halogens is 4. The minimum atomic E-state index is -4.47. The van der Waals surface area contributed by atoms with Crippen LogP contribution in [0.5, 0.6) is 5.75 Å². The van der Waals surface area contributed by atoms with E-state index in [2.05, 4.69) is 23.1 Å². The molecule has 4 rings (SSSR count). The van der Waals surface area contributed by atoms with Gasteiger partial charge in [-0.1, -0.05) is 60.7 Å². The van der Waals surface area contributed by atoms with E-state index < -0.39 is 23.6 Å². The quantitative estimate of drug-likeness (QED) is 0.379. The summed E-state index contributed by atoms with van der Waals surface area (Å²) in [6, 6.07) is 20.8. The molecule has 0 amide bonds. The number of benzene rings is 3. The van der Waals surface area contributed by atoms with E-state index in [1.165, 1.54) is 11.1 Å². The van der Waals surface area contributed by atoms with Gasteiger partial charge in [0.25, 0.3) is 0 Å². The molecule has 190 valence electrons. The number of para-hydroxylation sites is 1. The summed E-state index contributed by atoms with van der Waals surface area (Å²) >= 11 is 0. The van der Waals surface area contributed by atoms with E-state index >= 15 is 0 Å². The number of carbonyl (C=O) groups is 1. The molecule has 0 spiro atoms. The Kier molecular flexibility index (Phi) is 9.31. The van der Waals surface area contributed by atoms with Crippen molar-refractivity contribution in [2.45, 2.75) is 18.7 Å². The number of β-amino-alcohol motifs (C(OH)–C–C–N with tert-alkyl or cyclic N) is 1. The molecule has 1 aliphatic rings. The molecule has 3 aromatic rings. The maximum atomic E-state index is 12.9. The van der Waals surface area contributed by atoms with Crippen LogP contribution in [-0.4, -0.2) is 48.1 Å². The first-order chi connectivity index (χ1) is 16.8. The van der Waals surface area contributed by atoms with E-state index in [0.717, 1.165) is 43.8 Å². The first-order valence-corrected chi connectivity index (χ1v) is 11.4. The SMILES string of the molecule is Cl.O=C(c1ccc(C(F)(F)F)cc1)c1ccccc1OCC(O)CN1CC=C(c2ccccc2)CC1. The molecule has 1 unspecified atom stereocenters. The fourth-order valence-corrected chi connectivity index (χ4v) is 4.07. The van der Waals surface area contributed by atoms with Crippen LogP contribution in [0, 0.1) is 0 Å². The molecule has 0 radical (unpaired) electrons. The maximum absolute atomic E-state index is 12.9. The van der Waals surface area contributed by atoms with E-state index in [9.17, 15) is 23.1 Å². The van der Waals surface area contributed by atoms with Gasteiger partial charge < -0.3 is 9.84 Å². The molecule has 0 bridgehead atoms. The van der Waals surface area contributed by atoms with Crippen molar-refractivity contribution in [3.8, 4) is 5.75 Å². The van der Waals surface area contributed by atoms with E-state index in [1.54, 1.807) is 24.3 Å². The Morgan fingerprint density at radius 2 is 1.64 bits per heavy atom. The summed E-state index contributed by atoms with van der Waals surface area (Å²) in [6.07, 6.45) is -2.17. The summed E-state index contributed by atoms with van der Waals surface area (Å²) in [6.45, 7) is 1.96. The second-order valence-corrected chi connectivity index (χ2v) is 8.47. The number of carbonyl (C=O) groups excluding carboxylic acids is 1. The fourth-order valence-electron chi connectivity index (χ4n) is 4.07. The van der Waals surface area contributed by atoms with Gasteiger partial charge in [0.1, 0.15) is 18.5 Å². The van der Waals surface area contributed by atoms with Crippen LogP contribution in [0.15, 0.2) is 84.9 Å². The van der Waals surface area contributed by atoms with Crippen molar-refractivity contribution in [2.75, 3.05) is 26.2 Å². The van der Waals surface area contributed by atoms with Crippen molar-refractivity contribution in [2.24, 2.45) is 0 Å². The van der Waals surface area contributed by atoms with Crippen LogP contribution >= 0.6 is 12.4 Å². The average Bonchev–Trinajstić information content (AvgIpc) is 2.88. The summed E-state index contributed by atoms with van der Waals surface area (Å²) in [4.78, 5) is 15.0. The number of ketones is 1. The van der Waals surface area contributed by atoms with E-state index in [1.807, 2.05) is 18.2 Å². The van der Waals surface area contributed by atoms with Gasteiger partial charge in [0.05, 0.1) is 11.1 Å².